The molecule has 2 aliphatic rings. The van der Waals surface area contributed by atoms with Gasteiger partial charge in [-0.1, -0.05) is 12.1 Å². The molecule has 3 N–H and O–H groups in total. The number of fused-ring (bicyclic) bond motifs is 1. The Labute approximate surface area is 163 Å². The smallest absolute Gasteiger partial charge is 0.406 e. The number of nitrogens with two attached hydrogens (primary N) is 1. The molecule has 0 bridgehead atoms. The van der Waals surface area contributed by atoms with Gasteiger partial charge in [-0.15, -0.1) is 24.9 Å². The third-order valence-corrected chi connectivity index (χ3v) is 5.48. The molecule has 0 radical (unpaired) electrons. The van der Waals surface area contributed by atoms with Crippen LogP contribution in [0.5, 0.6) is 5.75 Å². The van der Waals surface area contributed by atoms with E-state index in [1.54, 1.807) is 17.2 Å². The van der Waals surface area contributed by atoms with Gasteiger partial charge in [0.15, 0.2) is 5.78 Å². The number of benzene rings is 1. The first-order valence-corrected chi connectivity index (χ1v) is 9.34. The number of carbonyl (C=O) groups is 2. The van der Waals surface area contributed by atoms with Crippen LogP contribution in [-0.2, 0) is 16.1 Å². The number of nitrogens with zero attached hydrogens (tertiary/aromatic N) is 1. The molecule has 1 amide bonds. The van der Waals surface area contributed by atoms with Crippen LogP contribution >= 0.6 is 11.8 Å². The van der Waals surface area contributed by atoms with E-state index in [-0.39, 0.29) is 24.0 Å². The summed E-state index contributed by atoms with van der Waals surface area (Å²) in [6.07, 6.45) is -1.51. The number of ketones is 1. The quantitative estimate of drug-likeness (QED) is 0.785. The minimum Gasteiger partial charge on any atom is -0.406 e. The van der Waals surface area contributed by atoms with Crippen LogP contribution < -0.4 is 15.8 Å². The summed E-state index contributed by atoms with van der Waals surface area (Å²) in [5.41, 5.74) is 6.94. The highest BCUT2D eigenvalue weighted by Crippen LogP contribution is 2.36. The molecule has 0 spiro atoms. The Bertz CT molecular complexity index is 837. The highest BCUT2D eigenvalue weighted by molar-refractivity contribution is 8.03. The van der Waals surface area contributed by atoms with Crippen molar-refractivity contribution in [2.75, 3.05) is 12.8 Å². The maximum atomic E-state index is 12.6. The topological polar surface area (TPSA) is 84.7 Å². The molecular formula is C18H18F3N3O3S. The first-order chi connectivity index (χ1) is 13.2. The van der Waals surface area contributed by atoms with Gasteiger partial charge in [-0.05, 0) is 23.8 Å². The van der Waals surface area contributed by atoms with Crippen LogP contribution in [0.15, 0.2) is 47.0 Å². The van der Waals surface area contributed by atoms with Crippen LogP contribution in [0.2, 0.25) is 0 Å². The van der Waals surface area contributed by atoms with Crippen molar-refractivity contribution in [1.29, 1.82) is 0 Å². The maximum Gasteiger partial charge on any atom is 0.573 e. The van der Waals surface area contributed by atoms with E-state index < -0.39 is 18.4 Å². The number of alkyl halides is 3. The number of likely N-dealkylation sites (N-methyl/N-ethyl adjacent to an activating group) is 1. The molecule has 1 aromatic rings. The molecule has 1 aromatic carbocycles. The Hall–Kier alpha value is -2.46. The summed E-state index contributed by atoms with van der Waals surface area (Å²) in [5.74, 6) is -0.357. The molecule has 1 fully saturated rings. The van der Waals surface area contributed by atoms with Gasteiger partial charge in [-0.25, -0.2) is 0 Å². The zero-order chi connectivity index (χ0) is 20.5. The largest absolute Gasteiger partial charge is 0.573 e. The van der Waals surface area contributed by atoms with E-state index in [2.05, 4.69) is 10.1 Å². The summed E-state index contributed by atoms with van der Waals surface area (Å²) in [6, 6.07) is 4.13. The first-order valence-electron chi connectivity index (χ1n) is 8.36. The maximum absolute atomic E-state index is 12.6. The van der Waals surface area contributed by atoms with Crippen LogP contribution in [0.4, 0.5) is 13.2 Å². The average molecular weight is 413 g/mol. The minimum atomic E-state index is -4.76. The van der Waals surface area contributed by atoms with E-state index in [1.807, 2.05) is 0 Å². The first kappa shape index (κ1) is 20.3. The summed E-state index contributed by atoms with van der Waals surface area (Å²) in [4.78, 5) is 27.1. The van der Waals surface area contributed by atoms with E-state index in [9.17, 15) is 22.8 Å². The number of Topliss-reactive ketones (excluding diaryl/α,β-unsaturated/α-hetero) is 1. The van der Waals surface area contributed by atoms with E-state index >= 15 is 0 Å². The molecule has 6 nitrogen and oxygen atoms in total. The molecule has 28 heavy (non-hydrogen) atoms. The summed E-state index contributed by atoms with van der Waals surface area (Å²) in [7, 11) is 1.51. The van der Waals surface area contributed by atoms with Crippen molar-refractivity contribution in [3.8, 4) is 5.75 Å². The standard InChI is InChI=1S/C18H18F3N3O3S/c1-23-17(26)11-6-14-15(16(25)13(22)9-28-14)24(8-11)7-10-2-4-12(5-3-10)27-18(19,20)21/h2-6,8,13,15H,7,9,22H2,1H3,(H,23,26)/t13-,15?/m0/s1. The van der Waals surface area contributed by atoms with E-state index in [0.29, 0.717) is 16.9 Å². The van der Waals surface area contributed by atoms with Gasteiger partial charge in [0.2, 0.25) is 0 Å². The second-order valence-electron chi connectivity index (χ2n) is 6.30. The van der Waals surface area contributed by atoms with Crippen LogP contribution in [0.3, 0.4) is 0 Å². The molecule has 1 saturated heterocycles. The number of rotatable bonds is 4. The molecular weight excluding hydrogens is 395 g/mol. The summed E-state index contributed by atoms with van der Waals surface area (Å²) in [6.45, 7) is 0.216. The zero-order valence-electron chi connectivity index (χ0n) is 14.8. The average Bonchev–Trinajstić information content (AvgIpc) is 2.64. The fourth-order valence-electron chi connectivity index (χ4n) is 2.99. The molecule has 2 atom stereocenters. The molecule has 2 aliphatic heterocycles. The molecule has 10 heteroatoms. The Morgan fingerprint density at radius 1 is 1.36 bits per heavy atom. The van der Waals surface area contributed by atoms with E-state index in [1.165, 1.54) is 43.1 Å². The number of nitrogens with one attached hydrogen (secondary N) is 1. The predicted molar refractivity (Wildman–Crippen MR) is 98.1 cm³/mol. The Morgan fingerprint density at radius 2 is 2.04 bits per heavy atom. The SMILES string of the molecule is CNC(=O)C1=CN(Cc2ccc(OC(F)(F)F)cc2)C2C(=O)[C@@H](N)CSC2=C1. The van der Waals surface area contributed by atoms with Crippen molar-refractivity contribution in [2.45, 2.75) is 25.0 Å². The molecule has 0 aliphatic carbocycles. The van der Waals surface area contributed by atoms with Gasteiger partial charge in [0.25, 0.3) is 5.91 Å². The van der Waals surface area contributed by atoms with Gasteiger partial charge in [0, 0.05) is 30.5 Å². The summed E-state index contributed by atoms with van der Waals surface area (Å²) < 4.78 is 40.8. The number of amides is 1. The van der Waals surface area contributed by atoms with Crippen molar-refractivity contribution in [3.05, 3.63) is 52.6 Å². The van der Waals surface area contributed by atoms with Crippen LogP contribution in [0, 0.1) is 0 Å². The van der Waals surface area contributed by atoms with Crippen molar-refractivity contribution >= 4 is 23.5 Å². The monoisotopic (exact) mass is 413 g/mol. The van der Waals surface area contributed by atoms with Crippen molar-refractivity contribution in [3.63, 3.8) is 0 Å². The van der Waals surface area contributed by atoms with E-state index in [0.717, 1.165) is 4.91 Å². The van der Waals surface area contributed by atoms with Gasteiger partial charge in [-0.3, -0.25) is 9.59 Å². The number of hydrogen-bond acceptors (Lipinski definition) is 6. The number of halogens is 3. The number of carbonyl (C=O) groups excluding carboxylic acids is 2. The second kappa shape index (κ2) is 7.88. The molecule has 0 aromatic heterocycles. The number of hydrogen-bond donors (Lipinski definition) is 2. The normalized spacial score (nSPS) is 22.2. The fourth-order valence-corrected chi connectivity index (χ4v) is 4.15. The van der Waals surface area contributed by atoms with Gasteiger partial charge in [0.1, 0.15) is 11.8 Å². The van der Waals surface area contributed by atoms with Gasteiger partial charge in [-0.2, -0.15) is 0 Å². The lowest BCUT2D eigenvalue weighted by molar-refractivity contribution is -0.274. The fraction of sp³-hybridized carbons (Fsp3) is 0.333. The lowest BCUT2D eigenvalue weighted by atomic mass is 9.98. The van der Waals surface area contributed by atoms with Crippen LogP contribution in [0.25, 0.3) is 0 Å². The molecule has 2 heterocycles. The van der Waals surface area contributed by atoms with Gasteiger partial charge in [0.05, 0.1) is 11.6 Å². The Morgan fingerprint density at radius 3 is 2.64 bits per heavy atom. The third-order valence-electron chi connectivity index (χ3n) is 4.28. The van der Waals surface area contributed by atoms with Crippen molar-refractivity contribution in [1.82, 2.24) is 10.2 Å². The lowest BCUT2D eigenvalue weighted by Crippen LogP contribution is -2.52. The minimum absolute atomic E-state index is 0.158. The molecule has 150 valence electrons. The van der Waals surface area contributed by atoms with Gasteiger partial charge >= 0.3 is 6.36 Å². The molecule has 0 saturated carbocycles. The Kier molecular flexibility index (Phi) is 5.71. The van der Waals surface area contributed by atoms with E-state index in [4.69, 9.17) is 5.73 Å². The highest BCUT2D eigenvalue weighted by Gasteiger charge is 2.39. The zero-order valence-corrected chi connectivity index (χ0v) is 15.6. The molecule has 3 rings (SSSR count). The highest BCUT2D eigenvalue weighted by atomic mass is 32.2. The second-order valence-corrected chi connectivity index (χ2v) is 7.39. The Balaban J connectivity index is 1.85. The number of thioether (sulfide) groups is 1. The molecule has 1 unspecified atom stereocenters. The summed E-state index contributed by atoms with van der Waals surface area (Å²) >= 11 is 1.42. The van der Waals surface area contributed by atoms with Crippen molar-refractivity contribution < 1.29 is 27.5 Å². The van der Waals surface area contributed by atoms with Gasteiger partial charge < -0.3 is 20.7 Å². The van der Waals surface area contributed by atoms with Crippen LogP contribution in [0.1, 0.15) is 5.56 Å². The summed E-state index contributed by atoms with van der Waals surface area (Å²) in [5, 5.41) is 2.54. The van der Waals surface area contributed by atoms with Crippen LogP contribution in [-0.4, -0.2) is 47.8 Å². The number of ether oxygens (including phenoxy) is 1. The van der Waals surface area contributed by atoms with Crippen molar-refractivity contribution in [2.24, 2.45) is 5.73 Å². The third kappa shape index (κ3) is 4.50. The predicted octanol–water partition coefficient (Wildman–Crippen LogP) is 1.93. The lowest BCUT2D eigenvalue weighted by Gasteiger charge is -2.38.